The second-order valence-corrected chi connectivity index (χ2v) is 9.25. The highest BCUT2D eigenvalue weighted by Crippen LogP contribution is 2.36. The molecule has 1 atom stereocenters. The number of hydrogen-bond acceptors (Lipinski definition) is 1. The molecule has 0 N–H and O–H groups in total. The molecule has 1 aliphatic heterocycles. The van der Waals surface area contributed by atoms with Crippen molar-refractivity contribution in [3.05, 3.63) is 69.8 Å². The second-order valence-electron chi connectivity index (χ2n) is 9.25. The minimum atomic E-state index is -0.217. The molecule has 1 nitrogen and oxygen atoms in total. The predicted octanol–water partition coefficient (Wildman–Crippen LogP) is 8.67. The largest absolute Gasteiger partial charge is 0.483 e. The van der Waals surface area contributed by atoms with E-state index in [9.17, 15) is 0 Å². The zero-order valence-corrected chi connectivity index (χ0v) is 19.7. The molecule has 0 aliphatic carbocycles. The molecule has 0 radical (unpaired) electrons. The Balaban J connectivity index is 1.81. The first-order valence-corrected chi connectivity index (χ1v) is 11.1. The van der Waals surface area contributed by atoms with E-state index in [1.165, 1.54) is 39.8 Å². The van der Waals surface area contributed by atoms with E-state index in [-0.39, 0.29) is 5.60 Å². The highest BCUT2D eigenvalue weighted by atomic mass is 16.5. The van der Waals surface area contributed by atoms with E-state index in [2.05, 4.69) is 91.0 Å². The van der Waals surface area contributed by atoms with Crippen molar-refractivity contribution < 1.29 is 4.74 Å². The summed E-state index contributed by atoms with van der Waals surface area (Å²) in [6, 6.07) is 4.41. The SMILES string of the molecule is CC(C)=CCC/C(C)=C/CC/C(C)=C/CCC1(C)C=Cc2cc(C)cc(C)c2O1. The van der Waals surface area contributed by atoms with Crippen molar-refractivity contribution >= 4 is 6.08 Å². The van der Waals surface area contributed by atoms with Crippen LogP contribution in [0.15, 0.2) is 53.2 Å². The standard InChI is InChI=1S/C28H40O/c1-21(2)11-8-12-22(3)13-9-14-23(4)15-10-17-28(7)18-16-26-20-24(5)19-25(6)27(26)29-28/h11,13,15-16,18-20H,8-10,12,14,17H2,1-7H3/b22-13+,23-15+. The predicted molar refractivity (Wildman–Crippen MR) is 129 cm³/mol. The topological polar surface area (TPSA) is 9.23 Å². The van der Waals surface area contributed by atoms with Gasteiger partial charge in [-0.1, -0.05) is 52.7 Å². The van der Waals surface area contributed by atoms with Gasteiger partial charge in [0.2, 0.25) is 0 Å². The van der Waals surface area contributed by atoms with Gasteiger partial charge in [-0.2, -0.15) is 0 Å². The van der Waals surface area contributed by atoms with Gasteiger partial charge < -0.3 is 4.74 Å². The van der Waals surface area contributed by atoms with Crippen molar-refractivity contribution in [2.45, 2.75) is 92.6 Å². The Kier molecular flexibility index (Phi) is 8.56. The van der Waals surface area contributed by atoms with Gasteiger partial charge in [-0.3, -0.25) is 0 Å². The molecule has 29 heavy (non-hydrogen) atoms. The number of aryl methyl sites for hydroxylation is 2. The molecule has 1 unspecified atom stereocenters. The molecule has 0 bridgehead atoms. The summed E-state index contributed by atoms with van der Waals surface area (Å²) < 4.78 is 6.42. The van der Waals surface area contributed by atoms with Gasteiger partial charge in [-0.15, -0.1) is 0 Å². The average Bonchev–Trinajstić information content (AvgIpc) is 2.62. The molecule has 1 heteroatoms. The summed E-state index contributed by atoms with van der Waals surface area (Å²) in [5.74, 6) is 1.05. The van der Waals surface area contributed by atoms with E-state index in [0.29, 0.717) is 0 Å². The van der Waals surface area contributed by atoms with Crippen molar-refractivity contribution in [3.8, 4) is 5.75 Å². The molecule has 0 aromatic heterocycles. The van der Waals surface area contributed by atoms with Crippen LogP contribution < -0.4 is 4.74 Å². The summed E-state index contributed by atoms with van der Waals surface area (Å²) in [4.78, 5) is 0. The third-order valence-electron chi connectivity index (χ3n) is 5.65. The summed E-state index contributed by atoms with van der Waals surface area (Å²) in [6.07, 6.45) is 18.3. The maximum absolute atomic E-state index is 6.42. The van der Waals surface area contributed by atoms with Crippen molar-refractivity contribution in [2.24, 2.45) is 0 Å². The molecule has 0 fully saturated rings. The van der Waals surface area contributed by atoms with Gasteiger partial charge in [0.1, 0.15) is 11.4 Å². The Morgan fingerprint density at radius 3 is 2.17 bits per heavy atom. The third-order valence-corrected chi connectivity index (χ3v) is 5.65. The van der Waals surface area contributed by atoms with E-state index < -0.39 is 0 Å². The van der Waals surface area contributed by atoms with Crippen LogP contribution in [0.25, 0.3) is 6.08 Å². The van der Waals surface area contributed by atoms with Crippen LogP contribution in [-0.2, 0) is 0 Å². The highest BCUT2D eigenvalue weighted by molar-refractivity contribution is 5.64. The Morgan fingerprint density at radius 1 is 0.897 bits per heavy atom. The Morgan fingerprint density at radius 2 is 1.52 bits per heavy atom. The van der Waals surface area contributed by atoms with Gasteiger partial charge in [-0.05, 0) is 105 Å². The normalized spacial score (nSPS) is 19.0. The second kappa shape index (κ2) is 10.7. The minimum absolute atomic E-state index is 0.217. The Hall–Kier alpha value is -2.02. The van der Waals surface area contributed by atoms with E-state index >= 15 is 0 Å². The van der Waals surface area contributed by atoms with E-state index in [1.54, 1.807) is 0 Å². The fourth-order valence-corrected chi connectivity index (χ4v) is 3.86. The maximum Gasteiger partial charge on any atom is 0.130 e. The fourth-order valence-electron chi connectivity index (χ4n) is 3.86. The quantitative estimate of drug-likeness (QED) is 0.382. The first kappa shape index (κ1) is 23.3. The summed E-state index contributed by atoms with van der Waals surface area (Å²) >= 11 is 0. The van der Waals surface area contributed by atoms with Crippen LogP contribution in [0.3, 0.4) is 0 Å². The van der Waals surface area contributed by atoms with Crippen molar-refractivity contribution in [1.29, 1.82) is 0 Å². The maximum atomic E-state index is 6.42. The molecule has 0 saturated carbocycles. The summed E-state index contributed by atoms with van der Waals surface area (Å²) in [5.41, 5.74) is 7.91. The number of rotatable bonds is 9. The molecular formula is C28H40O. The molecule has 1 aromatic carbocycles. The lowest BCUT2D eigenvalue weighted by molar-refractivity contribution is 0.127. The zero-order valence-electron chi connectivity index (χ0n) is 19.7. The monoisotopic (exact) mass is 392 g/mol. The van der Waals surface area contributed by atoms with Crippen LogP contribution in [0.5, 0.6) is 5.75 Å². The Bertz CT molecular complexity index is 815. The zero-order chi connectivity index (χ0) is 21.4. The van der Waals surface area contributed by atoms with Crippen molar-refractivity contribution in [3.63, 3.8) is 0 Å². The van der Waals surface area contributed by atoms with Crippen LogP contribution in [0.4, 0.5) is 0 Å². The number of fused-ring (bicyclic) bond motifs is 1. The number of benzene rings is 1. The molecular weight excluding hydrogens is 352 g/mol. The summed E-state index contributed by atoms with van der Waals surface area (Å²) in [5, 5.41) is 0. The highest BCUT2D eigenvalue weighted by Gasteiger charge is 2.27. The minimum Gasteiger partial charge on any atom is -0.483 e. The number of hydrogen-bond donors (Lipinski definition) is 0. The lowest BCUT2D eigenvalue weighted by Crippen LogP contribution is -2.32. The molecule has 0 amide bonds. The molecule has 2 rings (SSSR count). The van der Waals surface area contributed by atoms with Gasteiger partial charge in [0.05, 0.1) is 0 Å². The summed E-state index contributed by atoms with van der Waals surface area (Å²) in [6.45, 7) is 15.3. The number of ether oxygens (including phenoxy) is 1. The Labute approximate surface area is 179 Å². The van der Waals surface area contributed by atoms with Gasteiger partial charge in [0.25, 0.3) is 0 Å². The number of allylic oxidation sites excluding steroid dienone is 6. The lowest BCUT2D eigenvalue weighted by atomic mass is 9.93. The first-order valence-electron chi connectivity index (χ1n) is 11.1. The smallest absolute Gasteiger partial charge is 0.130 e. The fraction of sp³-hybridized carbons (Fsp3) is 0.500. The van der Waals surface area contributed by atoms with Crippen LogP contribution in [-0.4, -0.2) is 5.60 Å². The molecule has 1 heterocycles. The van der Waals surface area contributed by atoms with Crippen molar-refractivity contribution in [2.75, 3.05) is 0 Å². The van der Waals surface area contributed by atoms with Crippen LogP contribution >= 0.6 is 0 Å². The van der Waals surface area contributed by atoms with E-state index in [4.69, 9.17) is 4.74 Å². The molecule has 1 aromatic rings. The molecule has 0 spiro atoms. The molecule has 1 aliphatic rings. The first-order chi connectivity index (χ1) is 13.7. The van der Waals surface area contributed by atoms with Crippen LogP contribution in [0.2, 0.25) is 0 Å². The van der Waals surface area contributed by atoms with Gasteiger partial charge in [-0.25, -0.2) is 0 Å². The van der Waals surface area contributed by atoms with Gasteiger partial charge in [0.15, 0.2) is 0 Å². The van der Waals surface area contributed by atoms with Gasteiger partial charge in [0, 0.05) is 5.56 Å². The average molecular weight is 393 g/mol. The summed E-state index contributed by atoms with van der Waals surface area (Å²) in [7, 11) is 0. The third kappa shape index (κ3) is 7.72. The molecule has 158 valence electrons. The van der Waals surface area contributed by atoms with E-state index in [0.717, 1.165) is 37.9 Å². The van der Waals surface area contributed by atoms with Crippen LogP contribution in [0, 0.1) is 13.8 Å². The van der Waals surface area contributed by atoms with E-state index in [1.807, 2.05) is 0 Å². The van der Waals surface area contributed by atoms with Crippen molar-refractivity contribution in [1.82, 2.24) is 0 Å². The van der Waals surface area contributed by atoms with Gasteiger partial charge >= 0.3 is 0 Å². The van der Waals surface area contributed by atoms with Crippen LogP contribution in [0.1, 0.15) is 89.8 Å². The lowest BCUT2D eigenvalue weighted by Gasteiger charge is -2.32. The molecule has 0 saturated heterocycles.